The number of rotatable bonds is 2. The molecule has 0 aliphatic rings. The van der Waals surface area contributed by atoms with Crippen LogP contribution in [-0.4, -0.2) is 25.0 Å². The molecular formula is C9H12N2O2. The van der Waals surface area contributed by atoms with E-state index in [0.29, 0.717) is 11.6 Å². The van der Waals surface area contributed by atoms with Gasteiger partial charge in [-0.25, -0.2) is 4.98 Å². The third-order valence-electron chi connectivity index (χ3n) is 1.70. The summed E-state index contributed by atoms with van der Waals surface area (Å²) in [5, 5.41) is 2.50. The summed E-state index contributed by atoms with van der Waals surface area (Å²) in [6, 6.07) is 3.47. The Morgan fingerprint density at radius 2 is 2.23 bits per heavy atom. The quantitative estimate of drug-likeness (QED) is 0.731. The Balaban J connectivity index is 3.06. The summed E-state index contributed by atoms with van der Waals surface area (Å²) in [5.41, 5.74) is 1.28. The third-order valence-corrected chi connectivity index (χ3v) is 1.70. The first-order chi connectivity index (χ1) is 6.19. The Kier molecular flexibility index (Phi) is 2.84. The highest BCUT2D eigenvalue weighted by Crippen LogP contribution is 2.13. The average Bonchev–Trinajstić information content (AvgIpc) is 2.17. The molecule has 0 fully saturated rings. The molecule has 4 heteroatoms. The maximum absolute atomic E-state index is 11.2. The van der Waals surface area contributed by atoms with E-state index in [4.69, 9.17) is 4.74 Å². The fourth-order valence-electron chi connectivity index (χ4n) is 0.971. The molecule has 0 saturated carbocycles. The van der Waals surface area contributed by atoms with Crippen LogP contribution in [0.4, 0.5) is 0 Å². The molecule has 0 aromatic carbocycles. The minimum absolute atomic E-state index is 0.210. The van der Waals surface area contributed by atoms with Crippen LogP contribution >= 0.6 is 0 Å². The van der Waals surface area contributed by atoms with E-state index in [2.05, 4.69) is 10.3 Å². The average molecular weight is 180 g/mol. The molecule has 70 valence electrons. The lowest BCUT2D eigenvalue weighted by Gasteiger charge is -2.04. The molecule has 0 saturated heterocycles. The molecule has 0 radical (unpaired) electrons. The maximum Gasteiger partial charge on any atom is 0.269 e. The van der Waals surface area contributed by atoms with Crippen LogP contribution < -0.4 is 10.1 Å². The number of pyridine rings is 1. The van der Waals surface area contributed by atoms with Gasteiger partial charge in [-0.3, -0.25) is 4.79 Å². The lowest BCUT2D eigenvalue weighted by Crippen LogP contribution is -2.19. The highest BCUT2D eigenvalue weighted by Gasteiger charge is 2.07. The molecule has 13 heavy (non-hydrogen) atoms. The molecule has 0 aliphatic heterocycles. The van der Waals surface area contributed by atoms with Crippen LogP contribution in [0.15, 0.2) is 12.1 Å². The zero-order chi connectivity index (χ0) is 9.84. The first-order valence-electron chi connectivity index (χ1n) is 3.92. The van der Waals surface area contributed by atoms with Crippen LogP contribution in [0.5, 0.6) is 5.88 Å². The molecular weight excluding hydrogens is 168 g/mol. The standard InChI is InChI=1S/C9H12N2O2/c1-6-4-5-7(8(12)10-2)11-9(6)13-3/h4-5H,1-3H3,(H,10,12). The van der Waals surface area contributed by atoms with Crippen LogP contribution in [0.25, 0.3) is 0 Å². The van der Waals surface area contributed by atoms with E-state index < -0.39 is 0 Å². The predicted molar refractivity (Wildman–Crippen MR) is 48.9 cm³/mol. The largest absolute Gasteiger partial charge is 0.481 e. The second kappa shape index (κ2) is 3.89. The monoisotopic (exact) mass is 180 g/mol. The van der Waals surface area contributed by atoms with E-state index in [1.807, 2.05) is 6.92 Å². The molecule has 0 aliphatic carbocycles. The Morgan fingerprint density at radius 3 is 2.77 bits per heavy atom. The number of methoxy groups -OCH3 is 1. The number of carbonyl (C=O) groups excluding carboxylic acids is 1. The summed E-state index contributed by atoms with van der Waals surface area (Å²) in [6.07, 6.45) is 0. The molecule has 4 nitrogen and oxygen atoms in total. The van der Waals surface area contributed by atoms with Gasteiger partial charge in [-0.1, -0.05) is 6.07 Å². The van der Waals surface area contributed by atoms with Gasteiger partial charge in [-0.15, -0.1) is 0 Å². The molecule has 1 N–H and O–H groups in total. The predicted octanol–water partition coefficient (Wildman–Crippen LogP) is 0.758. The van der Waals surface area contributed by atoms with Crippen molar-refractivity contribution in [3.05, 3.63) is 23.4 Å². The molecule has 1 heterocycles. The summed E-state index contributed by atoms with van der Waals surface area (Å²) in [5.74, 6) is 0.277. The zero-order valence-electron chi connectivity index (χ0n) is 7.92. The normalized spacial score (nSPS) is 9.46. The van der Waals surface area contributed by atoms with Crippen LogP contribution in [0, 0.1) is 6.92 Å². The minimum Gasteiger partial charge on any atom is -0.481 e. The lowest BCUT2D eigenvalue weighted by atomic mass is 10.2. The van der Waals surface area contributed by atoms with Gasteiger partial charge >= 0.3 is 0 Å². The number of nitrogens with one attached hydrogen (secondary N) is 1. The number of hydrogen-bond donors (Lipinski definition) is 1. The van der Waals surface area contributed by atoms with E-state index in [-0.39, 0.29) is 5.91 Å². The summed E-state index contributed by atoms with van der Waals surface area (Å²) < 4.78 is 4.99. The van der Waals surface area contributed by atoms with Crippen molar-refractivity contribution in [2.24, 2.45) is 0 Å². The molecule has 0 bridgehead atoms. The maximum atomic E-state index is 11.2. The number of ether oxygens (including phenoxy) is 1. The Hall–Kier alpha value is -1.58. The van der Waals surface area contributed by atoms with Gasteiger partial charge in [-0.05, 0) is 13.0 Å². The molecule has 1 rings (SSSR count). The van der Waals surface area contributed by atoms with Gasteiger partial charge in [0.2, 0.25) is 5.88 Å². The van der Waals surface area contributed by atoms with Gasteiger partial charge in [0.25, 0.3) is 5.91 Å². The van der Waals surface area contributed by atoms with E-state index >= 15 is 0 Å². The number of hydrogen-bond acceptors (Lipinski definition) is 3. The Morgan fingerprint density at radius 1 is 1.54 bits per heavy atom. The van der Waals surface area contributed by atoms with Crippen molar-refractivity contribution >= 4 is 5.91 Å². The van der Waals surface area contributed by atoms with Crippen molar-refractivity contribution < 1.29 is 9.53 Å². The minimum atomic E-state index is -0.210. The molecule has 1 aromatic heterocycles. The SMILES string of the molecule is CNC(=O)c1ccc(C)c(OC)n1. The second-order valence-corrected chi connectivity index (χ2v) is 2.60. The van der Waals surface area contributed by atoms with Gasteiger partial charge in [0.1, 0.15) is 5.69 Å². The van der Waals surface area contributed by atoms with Crippen molar-refractivity contribution in [2.75, 3.05) is 14.2 Å². The Bertz CT molecular complexity index is 323. The van der Waals surface area contributed by atoms with Gasteiger partial charge in [0.15, 0.2) is 0 Å². The van der Waals surface area contributed by atoms with E-state index in [0.717, 1.165) is 5.56 Å². The van der Waals surface area contributed by atoms with E-state index in [1.165, 1.54) is 7.11 Å². The third kappa shape index (κ3) is 1.96. The summed E-state index contributed by atoms with van der Waals surface area (Å²) >= 11 is 0. The van der Waals surface area contributed by atoms with Gasteiger partial charge in [0, 0.05) is 12.6 Å². The van der Waals surface area contributed by atoms with E-state index in [9.17, 15) is 4.79 Å². The van der Waals surface area contributed by atoms with Gasteiger partial charge < -0.3 is 10.1 Å². The second-order valence-electron chi connectivity index (χ2n) is 2.60. The van der Waals surface area contributed by atoms with Crippen molar-refractivity contribution in [3.63, 3.8) is 0 Å². The van der Waals surface area contributed by atoms with Gasteiger partial charge in [-0.2, -0.15) is 0 Å². The molecule has 0 spiro atoms. The van der Waals surface area contributed by atoms with Crippen LogP contribution in [-0.2, 0) is 0 Å². The molecule has 1 amide bonds. The van der Waals surface area contributed by atoms with Crippen LogP contribution in [0.2, 0.25) is 0 Å². The van der Waals surface area contributed by atoms with Crippen LogP contribution in [0.3, 0.4) is 0 Å². The van der Waals surface area contributed by atoms with Gasteiger partial charge in [0.05, 0.1) is 7.11 Å². The number of amides is 1. The first kappa shape index (κ1) is 9.51. The number of aromatic nitrogens is 1. The van der Waals surface area contributed by atoms with Crippen molar-refractivity contribution in [2.45, 2.75) is 6.92 Å². The van der Waals surface area contributed by atoms with Crippen LogP contribution in [0.1, 0.15) is 16.1 Å². The fraction of sp³-hybridized carbons (Fsp3) is 0.333. The number of aryl methyl sites for hydroxylation is 1. The molecule has 0 unspecified atom stereocenters. The van der Waals surface area contributed by atoms with Crippen molar-refractivity contribution in [1.82, 2.24) is 10.3 Å². The zero-order valence-corrected chi connectivity index (χ0v) is 7.92. The Labute approximate surface area is 76.9 Å². The molecule has 0 atom stereocenters. The topological polar surface area (TPSA) is 51.2 Å². The highest BCUT2D eigenvalue weighted by atomic mass is 16.5. The van der Waals surface area contributed by atoms with Crippen molar-refractivity contribution in [1.29, 1.82) is 0 Å². The number of carbonyl (C=O) groups is 1. The molecule has 1 aromatic rings. The smallest absolute Gasteiger partial charge is 0.269 e. The van der Waals surface area contributed by atoms with E-state index in [1.54, 1.807) is 19.2 Å². The first-order valence-corrected chi connectivity index (χ1v) is 3.92. The summed E-state index contributed by atoms with van der Waals surface area (Å²) in [6.45, 7) is 1.87. The van der Waals surface area contributed by atoms with Crippen molar-refractivity contribution in [3.8, 4) is 5.88 Å². The summed E-state index contributed by atoms with van der Waals surface area (Å²) in [4.78, 5) is 15.2. The number of nitrogens with zero attached hydrogens (tertiary/aromatic N) is 1. The highest BCUT2D eigenvalue weighted by molar-refractivity contribution is 5.92. The summed E-state index contributed by atoms with van der Waals surface area (Å²) in [7, 11) is 3.10. The lowest BCUT2D eigenvalue weighted by molar-refractivity contribution is 0.0957. The fourth-order valence-corrected chi connectivity index (χ4v) is 0.971.